The van der Waals surface area contributed by atoms with E-state index < -0.39 is 18.3 Å². The number of rotatable bonds is 2. The first-order valence-corrected chi connectivity index (χ1v) is 3.92. The third-order valence-corrected chi connectivity index (χ3v) is 1.80. The Morgan fingerprint density at radius 1 is 1.29 bits per heavy atom. The molecule has 1 rings (SSSR count). The van der Waals surface area contributed by atoms with Crippen molar-refractivity contribution >= 4 is 5.57 Å². The molecule has 0 atom stereocenters. The summed E-state index contributed by atoms with van der Waals surface area (Å²) in [6.07, 6.45) is -4.41. The predicted molar refractivity (Wildman–Crippen MR) is 47.6 cm³/mol. The second kappa shape index (κ2) is 3.84. The minimum Gasteiger partial charge on any atom is -0.392 e. The topological polar surface area (TPSA) is 20.2 Å². The zero-order chi connectivity index (χ0) is 10.8. The van der Waals surface area contributed by atoms with E-state index in [-0.39, 0.29) is 11.1 Å². The van der Waals surface area contributed by atoms with Gasteiger partial charge in [-0.25, -0.2) is 0 Å². The van der Waals surface area contributed by atoms with Crippen molar-refractivity contribution in [2.75, 3.05) is 6.61 Å². The molecule has 1 nitrogen and oxygen atoms in total. The molecule has 0 aliphatic rings. The molecule has 0 heterocycles. The molecule has 1 aromatic rings. The van der Waals surface area contributed by atoms with E-state index in [0.29, 0.717) is 0 Å². The molecule has 0 spiro atoms. The van der Waals surface area contributed by atoms with E-state index in [1.54, 1.807) is 0 Å². The normalized spacial score (nSPS) is 11.4. The lowest BCUT2D eigenvalue weighted by Crippen LogP contribution is -2.09. The predicted octanol–water partition coefficient (Wildman–Crippen LogP) is 2.71. The molecule has 0 fully saturated rings. The van der Waals surface area contributed by atoms with Crippen molar-refractivity contribution in [3.8, 4) is 0 Å². The fourth-order valence-corrected chi connectivity index (χ4v) is 1.12. The summed E-state index contributed by atoms with van der Waals surface area (Å²) in [5, 5.41) is 8.71. The van der Waals surface area contributed by atoms with Crippen LogP contribution in [0.3, 0.4) is 0 Å². The first kappa shape index (κ1) is 10.8. The summed E-state index contributed by atoms with van der Waals surface area (Å²) < 4.78 is 37.3. The Kier molecular flexibility index (Phi) is 2.96. The van der Waals surface area contributed by atoms with Crippen LogP contribution in [0.1, 0.15) is 11.1 Å². The summed E-state index contributed by atoms with van der Waals surface area (Å²) >= 11 is 0. The van der Waals surface area contributed by atoms with Crippen molar-refractivity contribution in [2.45, 2.75) is 6.18 Å². The Hall–Kier alpha value is -1.29. The molecule has 0 radical (unpaired) electrons. The minimum atomic E-state index is -4.41. The van der Waals surface area contributed by atoms with Gasteiger partial charge in [-0.15, -0.1) is 0 Å². The fraction of sp³-hybridized carbons (Fsp3) is 0.200. The molecular formula is C10H9F3O. The highest BCUT2D eigenvalue weighted by Crippen LogP contribution is 2.34. The molecule has 4 heteroatoms. The smallest absolute Gasteiger partial charge is 0.392 e. The zero-order valence-electron chi connectivity index (χ0n) is 7.30. The number of halogens is 3. The largest absolute Gasteiger partial charge is 0.416 e. The number of aliphatic hydroxyl groups is 1. The highest BCUT2D eigenvalue weighted by molar-refractivity contribution is 5.67. The maximum Gasteiger partial charge on any atom is 0.416 e. The van der Waals surface area contributed by atoms with Crippen LogP contribution in [0.25, 0.3) is 5.57 Å². The van der Waals surface area contributed by atoms with E-state index in [0.717, 1.165) is 6.07 Å². The van der Waals surface area contributed by atoms with Crippen LogP contribution < -0.4 is 0 Å². The molecule has 0 amide bonds. The molecule has 0 aliphatic carbocycles. The van der Waals surface area contributed by atoms with Crippen LogP contribution in [0.15, 0.2) is 30.8 Å². The number of aliphatic hydroxyl groups excluding tert-OH is 1. The molecule has 1 aromatic carbocycles. The standard InChI is InChI=1S/C10H9F3O/c1-7(6-14)8-4-2-3-5-9(8)10(11,12)13/h2-5,14H,1,6H2. The van der Waals surface area contributed by atoms with Gasteiger partial charge < -0.3 is 5.11 Å². The third kappa shape index (κ3) is 2.14. The van der Waals surface area contributed by atoms with Crippen molar-refractivity contribution in [3.63, 3.8) is 0 Å². The monoisotopic (exact) mass is 202 g/mol. The van der Waals surface area contributed by atoms with Gasteiger partial charge in [-0.2, -0.15) is 13.2 Å². The van der Waals surface area contributed by atoms with E-state index in [1.807, 2.05) is 0 Å². The van der Waals surface area contributed by atoms with E-state index in [2.05, 4.69) is 6.58 Å². The van der Waals surface area contributed by atoms with Gasteiger partial charge in [0.15, 0.2) is 0 Å². The average Bonchev–Trinajstić information content (AvgIpc) is 2.15. The van der Waals surface area contributed by atoms with E-state index in [4.69, 9.17) is 5.11 Å². The Bertz CT molecular complexity index is 341. The Morgan fingerprint density at radius 2 is 1.86 bits per heavy atom. The van der Waals surface area contributed by atoms with Gasteiger partial charge in [0, 0.05) is 0 Å². The second-order valence-electron chi connectivity index (χ2n) is 2.81. The maximum atomic E-state index is 12.4. The van der Waals surface area contributed by atoms with Crippen molar-refractivity contribution in [1.82, 2.24) is 0 Å². The Balaban J connectivity index is 3.23. The summed E-state index contributed by atoms with van der Waals surface area (Å²) in [5.41, 5.74) is -0.750. The number of benzene rings is 1. The van der Waals surface area contributed by atoms with Gasteiger partial charge in [0.2, 0.25) is 0 Å². The number of hydrogen-bond acceptors (Lipinski definition) is 1. The number of hydrogen-bond donors (Lipinski definition) is 1. The molecule has 0 saturated heterocycles. The highest BCUT2D eigenvalue weighted by Gasteiger charge is 2.33. The Labute approximate surface area is 79.5 Å². The molecule has 76 valence electrons. The van der Waals surface area contributed by atoms with Gasteiger partial charge in [-0.1, -0.05) is 24.8 Å². The first-order valence-electron chi connectivity index (χ1n) is 3.92. The van der Waals surface area contributed by atoms with Crippen LogP contribution in [-0.2, 0) is 6.18 Å². The van der Waals surface area contributed by atoms with Crippen LogP contribution in [-0.4, -0.2) is 11.7 Å². The van der Waals surface area contributed by atoms with Crippen LogP contribution in [0, 0.1) is 0 Å². The first-order chi connectivity index (χ1) is 6.46. The molecule has 0 unspecified atom stereocenters. The van der Waals surface area contributed by atoms with Crippen LogP contribution >= 0.6 is 0 Å². The van der Waals surface area contributed by atoms with Gasteiger partial charge in [0.05, 0.1) is 12.2 Å². The van der Waals surface area contributed by atoms with Gasteiger partial charge >= 0.3 is 6.18 Å². The quantitative estimate of drug-likeness (QED) is 0.781. The van der Waals surface area contributed by atoms with Crippen molar-refractivity contribution in [2.24, 2.45) is 0 Å². The summed E-state index contributed by atoms with van der Waals surface area (Å²) in [4.78, 5) is 0. The average molecular weight is 202 g/mol. The van der Waals surface area contributed by atoms with Crippen molar-refractivity contribution < 1.29 is 18.3 Å². The molecule has 14 heavy (non-hydrogen) atoms. The van der Waals surface area contributed by atoms with E-state index in [1.165, 1.54) is 18.2 Å². The summed E-state index contributed by atoms with van der Waals surface area (Å²) in [5.74, 6) is 0. The summed E-state index contributed by atoms with van der Waals surface area (Å²) in [7, 11) is 0. The highest BCUT2D eigenvalue weighted by atomic mass is 19.4. The van der Waals surface area contributed by atoms with Crippen molar-refractivity contribution in [1.29, 1.82) is 0 Å². The van der Waals surface area contributed by atoms with Crippen molar-refractivity contribution in [3.05, 3.63) is 42.0 Å². The molecule has 1 N–H and O–H groups in total. The minimum absolute atomic E-state index is 0.0532. The molecule has 0 aromatic heterocycles. The van der Waals surface area contributed by atoms with Gasteiger partial charge in [0.25, 0.3) is 0 Å². The molecule has 0 aliphatic heterocycles. The van der Waals surface area contributed by atoms with Gasteiger partial charge in [0.1, 0.15) is 0 Å². The molecule has 0 saturated carbocycles. The zero-order valence-corrected chi connectivity index (χ0v) is 7.30. The lowest BCUT2D eigenvalue weighted by atomic mass is 10.0. The van der Waals surface area contributed by atoms with E-state index in [9.17, 15) is 13.2 Å². The second-order valence-corrected chi connectivity index (χ2v) is 2.81. The van der Waals surface area contributed by atoms with Crippen LogP contribution in [0.4, 0.5) is 13.2 Å². The van der Waals surface area contributed by atoms with Gasteiger partial charge in [-0.3, -0.25) is 0 Å². The molecule has 0 bridgehead atoms. The van der Waals surface area contributed by atoms with Gasteiger partial charge in [-0.05, 0) is 17.2 Å². The summed E-state index contributed by atoms with van der Waals surface area (Å²) in [6.45, 7) is 2.89. The summed E-state index contributed by atoms with van der Waals surface area (Å²) in [6, 6.07) is 5.04. The lowest BCUT2D eigenvalue weighted by Gasteiger charge is -2.12. The number of alkyl halides is 3. The molecular weight excluding hydrogens is 193 g/mol. The third-order valence-electron chi connectivity index (χ3n) is 1.80. The maximum absolute atomic E-state index is 12.4. The lowest BCUT2D eigenvalue weighted by molar-refractivity contribution is -0.137. The fourth-order valence-electron chi connectivity index (χ4n) is 1.12. The van der Waals surface area contributed by atoms with E-state index >= 15 is 0 Å². The van der Waals surface area contributed by atoms with Crippen LogP contribution in [0.5, 0.6) is 0 Å². The van der Waals surface area contributed by atoms with Crippen LogP contribution in [0.2, 0.25) is 0 Å². The Morgan fingerprint density at radius 3 is 2.36 bits per heavy atom. The SMILES string of the molecule is C=C(CO)c1ccccc1C(F)(F)F.